The van der Waals surface area contributed by atoms with E-state index in [0.29, 0.717) is 12.1 Å². The Balaban J connectivity index is 4.44. The van der Waals surface area contributed by atoms with Gasteiger partial charge in [-0.2, -0.15) is 0 Å². The number of allylic oxidation sites excluding steroid dienone is 3. The van der Waals surface area contributed by atoms with Crippen LogP contribution in [0.5, 0.6) is 0 Å². The summed E-state index contributed by atoms with van der Waals surface area (Å²) in [5.41, 5.74) is 0.468. The van der Waals surface area contributed by atoms with Gasteiger partial charge in [-0.1, -0.05) is 54.4 Å². The van der Waals surface area contributed by atoms with E-state index in [9.17, 15) is 4.91 Å². The number of nitrogens with zero attached hydrogens (tertiary/aromatic N) is 1. The highest BCUT2D eigenvalue weighted by Gasteiger charge is 2.14. The van der Waals surface area contributed by atoms with Crippen molar-refractivity contribution in [2.75, 3.05) is 0 Å². The summed E-state index contributed by atoms with van der Waals surface area (Å²) in [6, 6.07) is 0. The average Bonchev–Trinajstić information content (AvgIpc) is 1.85. The van der Waals surface area contributed by atoms with Gasteiger partial charge in [0.25, 0.3) is 0 Å². The number of nitroso groups, excluding NO2 is 1. The third-order valence-corrected chi connectivity index (χ3v) is 2.64. The molecule has 1 unspecified atom stereocenters. The topological polar surface area (TPSA) is 29.4 Å². The fraction of sp³-hybridized carbons (Fsp3) is 0.429. The molecule has 2 nitrogen and oxygen atoms in total. The molecule has 0 spiro atoms. The van der Waals surface area contributed by atoms with Crippen molar-refractivity contribution in [2.45, 2.75) is 18.2 Å². The first-order valence-electron chi connectivity index (χ1n) is 3.16. The molecule has 0 aromatic carbocycles. The third kappa shape index (κ3) is 4.52. The lowest BCUT2D eigenvalue weighted by Gasteiger charge is -2.07. The standard InChI is InChI=1S/C7H8Br3NO/c1-4(8)3-6(10)7(11-12)5(2)9/h6H,1,3H2,2H3/b7-5-. The Morgan fingerprint density at radius 2 is 2.08 bits per heavy atom. The molecule has 1 atom stereocenters. The van der Waals surface area contributed by atoms with Crippen LogP contribution in [0, 0.1) is 4.91 Å². The summed E-state index contributed by atoms with van der Waals surface area (Å²) in [6.07, 6.45) is 0.643. The maximum atomic E-state index is 10.4. The zero-order valence-electron chi connectivity index (χ0n) is 6.48. The summed E-state index contributed by atoms with van der Waals surface area (Å²) >= 11 is 9.75. The van der Waals surface area contributed by atoms with E-state index >= 15 is 0 Å². The second-order valence-corrected chi connectivity index (χ2v) is 5.62. The Morgan fingerprint density at radius 1 is 1.58 bits per heavy atom. The number of hydrogen-bond donors (Lipinski definition) is 0. The molecule has 0 bridgehead atoms. The van der Waals surface area contributed by atoms with Gasteiger partial charge in [0.15, 0.2) is 0 Å². The maximum Gasteiger partial charge on any atom is 0.109 e. The average molecular weight is 362 g/mol. The van der Waals surface area contributed by atoms with Crippen LogP contribution in [-0.2, 0) is 0 Å². The summed E-state index contributed by atoms with van der Waals surface area (Å²) in [5.74, 6) is 0. The highest BCUT2D eigenvalue weighted by molar-refractivity contribution is 9.12. The molecule has 0 heterocycles. The van der Waals surface area contributed by atoms with Crippen LogP contribution < -0.4 is 0 Å². The van der Waals surface area contributed by atoms with Crippen molar-refractivity contribution in [3.63, 3.8) is 0 Å². The molecule has 0 aliphatic rings. The number of rotatable bonds is 4. The molecule has 0 N–H and O–H groups in total. The lowest BCUT2D eigenvalue weighted by Crippen LogP contribution is -2.00. The normalized spacial score (nSPS) is 15.0. The van der Waals surface area contributed by atoms with Crippen LogP contribution in [0.2, 0.25) is 0 Å². The molecule has 5 heteroatoms. The Hall–Kier alpha value is 0.520. The molecule has 0 saturated heterocycles. The monoisotopic (exact) mass is 359 g/mol. The van der Waals surface area contributed by atoms with E-state index in [1.54, 1.807) is 6.92 Å². The molecule has 68 valence electrons. The highest BCUT2D eigenvalue weighted by Crippen LogP contribution is 2.27. The predicted molar refractivity (Wildman–Crippen MR) is 62.8 cm³/mol. The fourth-order valence-electron chi connectivity index (χ4n) is 0.627. The van der Waals surface area contributed by atoms with Crippen molar-refractivity contribution in [3.8, 4) is 0 Å². The molecule has 0 fully saturated rings. The number of alkyl halides is 1. The second-order valence-electron chi connectivity index (χ2n) is 2.20. The number of hydrogen-bond acceptors (Lipinski definition) is 2. The second kappa shape index (κ2) is 6.05. The van der Waals surface area contributed by atoms with Crippen LogP contribution in [0.3, 0.4) is 0 Å². The summed E-state index contributed by atoms with van der Waals surface area (Å²) in [5, 5.41) is 2.91. The third-order valence-electron chi connectivity index (χ3n) is 1.15. The first-order chi connectivity index (χ1) is 5.49. The molecule has 0 aromatic rings. The molecule has 12 heavy (non-hydrogen) atoms. The summed E-state index contributed by atoms with van der Waals surface area (Å²) in [7, 11) is 0. The predicted octanol–water partition coefficient (Wildman–Crippen LogP) is 4.44. The van der Waals surface area contributed by atoms with E-state index in [-0.39, 0.29) is 4.83 Å². The smallest absolute Gasteiger partial charge is 0.109 e. The lowest BCUT2D eigenvalue weighted by atomic mass is 10.2. The van der Waals surface area contributed by atoms with E-state index in [1.165, 1.54) is 0 Å². The quantitative estimate of drug-likeness (QED) is 0.537. The first kappa shape index (κ1) is 12.5. The largest absolute Gasteiger partial charge is 0.145 e. The maximum absolute atomic E-state index is 10.4. The van der Waals surface area contributed by atoms with Gasteiger partial charge in [-0.05, 0) is 23.0 Å². The van der Waals surface area contributed by atoms with Crippen molar-refractivity contribution in [3.05, 3.63) is 26.1 Å². The van der Waals surface area contributed by atoms with E-state index < -0.39 is 0 Å². The minimum absolute atomic E-state index is 0.0822. The van der Waals surface area contributed by atoms with Gasteiger partial charge < -0.3 is 0 Å². The Morgan fingerprint density at radius 3 is 2.33 bits per heavy atom. The summed E-state index contributed by atoms with van der Waals surface area (Å²) in [4.78, 5) is 10.3. The molecule has 0 saturated carbocycles. The Bertz CT molecular complexity index is 221. The molecular formula is C7H8Br3NO. The summed E-state index contributed by atoms with van der Waals surface area (Å²) < 4.78 is 1.58. The van der Waals surface area contributed by atoms with Crippen LogP contribution in [0.15, 0.2) is 26.4 Å². The van der Waals surface area contributed by atoms with Crippen LogP contribution in [0.4, 0.5) is 0 Å². The van der Waals surface area contributed by atoms with Crippen LogP contribution in [-0.4, -0.2) is 4.83 Å². The summed E-state index contributed by atoms with van der Waals surface area (Å²) in [6.45, 7) is 5.46. The van der Waals surface area contributed by atoms with Gasteiger partial charge >= 0.3 is 0 Å². The van der Waals surface area contributed by atoms with Crippen LogP contribution in [0.1, 0.15) is 13.3 Å². The van der Waals surface area contributed by atoms with Crippen molar-refractivity contribution in [1.82, 2.24) is 0 Å². The first-order valence-corrected chi connectivity index (χ1v) is 5.66. The minimum Gasteiger partial charge on any atom is -0.145 e. The van der Waals surface area contributed by atoms with Gasteiger partial charge in [0, 0.05) is 4.48 Å². The molecule has 0 aromatic heterocycles. The van der Waals surface area contributed by atoms with Gasteiger partial charge in [0.1, 0.15) is 5.70 Å². The molecule has 0 rings (SSSR count). The van der Waals surface area contributed by atoms with E-state index in [0.717, 1.165) is 8.96 Å². The highest BCUT2D eigenvalue weighted by atomic mass is 79.9. The molecule has 0 amide bonds. The SMILES string of the molecule is C=C(Br)CC(Br)/C(N=O)=C(\C)Br. The number of halogens is 3. The fourth-order valence-corrected chi connectivity index (χ4v) is 2.86. The van der Waals surface area contributed by atoms with Crippen molar-refractivity contribution >= 4 is 47.8 Å². The Kier molecular flexibility index (Phi) is 6.31. The van der Waals surface area contributed by atoms with E-state index in [1.807, 2.05) is 0 Å². The van der Waals surface area contributed by atoms with Crippen molar-refractivity contribution in [1.29, 1.82) is 0 Å². The van der Waals surface area contributed by atoms with Gasteiger partial charge in [-0.3, -0.25) is 0 Å². The zero-order valence-corrected chi connectivity index (χ0v) is 11.2. The van der Waals surface area contributed by atoms with Gasteiger partial charge in [0.2, 0.25) is 0 Å². The van der Waals surface area contributed by atoms with Crippen molar-refractivity contribution in [2.24, 2.45) is 5.18 Å². The molecule has 0 aliphatic carbocycles. The molecule has 0 radical (unpaired) electrons. The Labute approximate surface area is 96.8 Å². The van der Waals surface area contributed by atoms with Gasteiger partial charge in [-0.15, -0.1) is 4.91 Å². The van der Waals surface area contributed by atoms with Crippen LogP contribution >= 0.6 is 47.8 Å². The van der Waals surface area contributed by atoms with Crippen LogP contribution in [0.25, 0.3) is 0 Å². The van der Waals surface area contributed by atoms with Gasteiger partial charge in [0.05, 0.1) is 4.83 Å². The van der Waals surface area contributed by atoms with E-state index in [4.69, 9.17) is 0 Å². The van der Waals surface area contributed by atoms with E-state index in [2.05, 4.69) is 59.5 Å². The minimum atomic E-state index is -0.0822. The molecule has 0 aliphatic heterocycles. The van der Waals surface area contributed by atoms with Gasteiger partial charge in [-0.25, -0.2) is 0 Å². The molecular weight excluding hydrogens is 354 g/mol. The van der Waals surface area contributed by atoms with Crippen molar-refractivity contribution < 1.29 is 0 Å². The lowest BCUT2D eigenvalue weighted by molar-refractivity contribution is 0.980. The zero-order chi connectivity index (χ0) is 9.72.